The number of nitrogens with zero attached hydrogens (tertiary/aromatic N) is 1. The smallest absolute Gasteiger partial charge is 0.173 e. The van der Waals surface area contributed by atoms with Crippen LogP contribution in [-0.4, -0.2) is 13.0 Å². The van der Waals surface area contributed by atoms with Crippen LogP contribution in [0.1, 0.15) is 7.79 Å². The van der Waals surface area contributed by atoms with Crippen LogP contribution in [0.2, 0.25) is 0 Å². The summed E-state index contributed by atoms with van der Waals surface area (Å²) in [6.07, 6.45) is 4.33. The predicted octanol–water partition coefficient (Wildman–Crippen LogP) is 0.949. The monoisotopic (exact) mass is 98.1 g/mol. The van der Waals surface area contributed by atoms with E-state index in [9.17, 15) is 0 Å². The number of hydrogen-bond acceptors (Lipinski definition) is 2. The third kappa shape index (κ3) is 1.39. The van der Waals surface area contributed by atoms with Crippen LogP contribution in [0.4, 0.5) is 0 Å². The molecule has 0 amide bonds. The van der Waals surface area contributed by atoms with E-state index in [1.54, 1.807) is 6.20 Å². The van der Waals surface area contributed by atoms with Crippen LogP contribution < -0.4 is 0 Å². The average Bonchev–Trinajstić information content (AvgIpc) is 1.94. The van der Waals surface area contributed by atoms with Crippen molar-refractivity contribution in [1.29, 1.82) is 0 Å². The maximum Gasteiger partial charge on any atom is 0.173 e. The fourth-order valence-corrected chi connectivity index (χ4v) is 0.368. The van der Waals surface area contributed by atoms with Crippen molar-refractivity contribution in [3.63, 3.8) is 0 Å². The standard InChI is InChI=1S/C5H7NO/c1-2-4-7-5-6-3-1/h1,3,5H,2,4H2/i5D. The van der Waals surface area contributed by atoms with Gasteiger partial charge in [-0.2, -0.15) is 0 Å². The van der Waals surface area contributed by atoms with Crippen molar-refractivity contribution < 1.29 is 6.11 Å². The van der Waals surface area contributed by atoms with Gasteiger partial charge in [0, 0.05) is 12.6 Å². The van der Waals surface area contributed by atoms with E-state index in [2.05, 4.69) is 4.99 Å². The predicted molar refractivity (Wildman–Crippen MR) is 28.2 cm³/mol. The van der Waals surface area contributed by atoms with E-state index in [4.69, 9.17) is 6.11 Å². The van der Waals surface area contributed by atoms with Crippen molar-refractivity contribution in [3.05, 3.63) is 12.3 Å². The molecule has 0 aromatic heterocycles. The SMILES string of the molecule is [2H]C1=NC=CCCO1. The molecule has 0 radical (unpaired) electrons. The quantitative estimate of drug-likeness (QED) is 0.442. The Kier molecular flexibility index (Phi) is 1.11. The molecule has 2 nitrogen and oxygen atoms in total. The summed E-state index contributed by atoms with van der Waals surface area (Å²) in [6.45, 7) is 0.582. The molecular weight excluding hydrogens is 90.1 g/mol. The van der Waals surface area contributed by atoms with Crippen LogP contribution >= 0.6 is 0 Å². The van der Waals surface area contributed by atoms with E-state index in [-0.39, 0.29) is 6.38 Å². The summed E-state index contributed by atoms with van der Waals surface area (Å²) < 4.78 is 11.6. The molecule has 0 fully saturated rings. The molecule has 1 aliphatic rings. The minimum absolute atomic E-state index is 0.0127. The highest BCUT2D eigenvalue weighted by Crippen LogP contribution is 1.88. The van der Waals surface area contributed by atoms with E-state index in [1.165, 1.54) is 0 Å². The van der Waals surface area contributed by atoms with Crippen LogP contribution in [0, 0.1) is 0 Å². The first kappa shape index (κ1) is 3.24. The van der Waals surface area contributed by atoms with Gasteiger partial charge in [-0.3, -0.25) is 0 Å². The topological polar surface area (TPSA) is 21.6 Å². The Morgan fingerprint density at radius 3 is 3.86 bits per heavy atom. The first-order valence-corrected chi connectivity index (χ1v) is 2.22. The molecule has 0 spiro atoms. The zero-order chi connectivity index (χ0) is 5.82. The molecule has 0 unspecified atom stereocenters. The summed E-state index contributed by atoms with van der Waals surface area (Å²) >= 11 is 0. The Morgan fingerprint density at radius 2 is 2.86 bits per heavy atom. The average molecular weight is 98.1 g/mol. The second-order valence-corrected chi connectivity index (χ2v) is 1.24. The van der Waals surface area contributed by atoms with Crippen LogP contribution in [-0.2, 0) is 4.74 Å². The van der Waals surface area contributed by atoms with Gasteiger partial charge >= 0.3 is 0 Å². The highest BCUT2D eigenvalue weighted by atomic mass is 16.5. The van der Waals surface area contributed by atoms with Crippen LogP contribution in [0.25, 0.3) is 0 Å². The minimum atomic E-state index is 0.0127. The van der Waals surface area contributed by atoms with Crippen molar-refractivity contribution in [2.24, 2.45) is 4.99 Å². The Labute approximate surface area is 43.9 Å². The number of rotatable bonds is 0. The highest BCUT2D eigenvalue weighted by Gasteiger charge is 1.81. The maximum atomic E-state index is 6.89. The third-order valence-corrected chi connectivity index (χ3v) is 0.684. The molecule has 0 bridgehead atoms. The summed E-state index contributed by atoms with van der Waals surface area (Å²) in [6, 6.07) is 0. The van der Waals surface area contributed by atoms with Crippen molar-refractivity contribution in [2.45, 2.75) is 6.42 Å². The molecule has 2 heteroatoms. The molecule has 1 heterocycles. The molecule has 7 heavy (non-hydrogen) atoms. The highest BCUT2D eigenvalue weighted by molar-refractivity contribution is 5.47. The fourth-order valence-electron chi connectivity index (χ4n) is 0.368. The molecule has 0 N–H and O–H groups in total. The molecule has 38 valence electrons. The van der Waals surface area contributed by atoms with E-state index in [0.29, 0.717) is 6.61 Å². The zero-order valence-corrected chi connectivity index (χ0v) is 3.92. The molecule has 0 aliphatic carbocycles. The van der Waals surface area contributed by atoms with E-state index < -0.39 is 0 Å². The molecule has 1 rings (SSSR count). The third-order valence-electron chi connectivity index (χ3n) is 0.684. The lowest BCUT2D eigenvalue weighted by molar-refractivity contribution is 0.330. The Hall–Kier alpha value is -0.790. The number of ether oxygens (including phenoxy) is 1. The summed E-state index contributed by atoms with van der Waals surface area (Å²) in [4.78, 5) is 3.60. The summed E-state index contributed by atoms with van der Waals surface area (Å²) in [5, 5.41) is 0. The Bertz CT molecular complexity index is 130. The van der Waals surface area contributed by atoms with Crippen molar-refractivity contribution in [1.82, 2.24) is 0 Å². The Morgan fingerprint density at radius 1 is 1.86 bits per heavy atom. The van der Waals surface area contributed by atoms with Gasteiger partial charge in [0.15, 0.2) is 6.38 Å². The second kappa shape index (κ2) is 2.39. The largest absolute Gasteiger partial charge is 0.483 e. The molecule has 0 saturated heterocycles. The molecular formula is C5H7NO. The van der Waals surface area contributed by atoms with Gasteiger partial charge in [-0.25, -0.2) is 4.99 Å². The fraction of sp³-hybridized carbons (Fsp3) is 0.400. The van der Waals surface area contributed by atoms with Crippen LogP contribution in [0.5, 0.6) is 0 Å². The lowest BCUT2D eigenvalue weighted by Crippen LogP contribution is -1.85. The summed E-state index contributed by atoms with van der Waals surface area (Å²) in [5.41, 5.74) is 0. The van der Waals surface area contributed by atoms with Gasteiger partial charge in [-0.15, -0.1) is 0 Å². The maximum absolute atomic E-state index is 6.89. The molecule has 0 aromatic rings. The van der Waals surface area contributed by atoms with Gasteiger partial charge < -0.3 is 4.74 Å². The lowest BCUT2D eigenvalue weighted by Gasteiger charge is -1.88. The van der Waals surface area contributed by atoms with Crippen molar-refractivity contribution >= 4 is 6.38 Å². The number of hydrogen-bond donors (Lipinski definition) is 0. The van der Waals surface area contributed by atoms with E-state index >= 15 is 0 Å². The van der Waals surface area contributed by atoms with Crippen LogP contribution in [0.15, 0.2) is 17.3 Å². The zero-order valence-electron chi connectivity index (χ0n) is 4.92. The molecule has 0 atom stereocenters. The first-order chi connectivity index (χ1) is 3.89. The Balaban J connectivity index is 2.52. The van der Waals surface area contributed by atoms with Crippen molar-refractivity contribution in [2.75, 3.05) is 6.61 Å². The van der Waals surface area contributed by atoms with Crippen molar-refractivity contribution in [3.8, 4) is 0 Å². The van der Waals surface area contributed by atoms with Gasteiger partial charge in [-0.05, 0) is 0 Å². The summed E-state index contributed by atoms with van der Waals surface area (Å²) in [7, 11) is 0. The van der Waals surface area contributed by atoms with E-state index in [0.717, 1.165) is 6.42 Å². The van der Waals surface area contributed by atoms with Gasteiger partial charge in [0.25, 0.3) is 0 Å². The van der Waals surface area contributed by atoms with Gasteiger partial charge in [0.05, 0.1) is 6.61 Å². The normalized spacial score (nSPS) is 21.7. The minimum Gasteiger partial charge on any atom is -0.483 e. The second-order valence-electron chi connectivity index (χ2n) is 1.24. The first-order valence-electron chi connectivity index (χ1n) is 2.72. The van der Waals surface area contributed by atoms with Gasteiger partial charge in [-0.1, -0.05) is 6.08 Å². The van der Waals surface area contributed by atoms with Gasteiger partial charge in [0.1, 0.15) is 1.37 Å². The molecule has 0 aromatic carbocycles. The summed E-state index contributed by atoms with van der Waals surface area (Å²) in [5.74, 6) is 0. The lowest BCUT2D eigenvalue weighted by atomic mass is 10.4. The number of aliphatic imine (C=N–C) groups is 1. The van der Waals surface area contributed by atoms with E-state index in [1.807, 2.05) is 6.08 Å². The van der Waals surface area contributed by atoms with Crippen LogP contribution in [0.3, 0.4) is 0 Å². The van der Waals surface area contributed by atoms with Gasteiger partial charge in [0.2, 0.25) is 0 Å². The molecule has 0 saturated carbocycles. The molecule has 1 aliphatic heterocycles.